The Labute approximate surface area is 176 Å². The molecule has 0 aliphatic rings. The minimum absolute atomic E-state index is 0.0112. The lowest BCUT2D eigenvalue weighted by molar-refractivity contribution is -0.675. The monoisotopic (exact) mass is 409 g/mol. The number of hydrogen-bond donors (Lipinski definition) is 2. The molecule has 4 nitrogen and oxygen atoms in total. The number of aromatic nitrogens is 1. The Bertz CT molecular complexity index is 985. The van der Waals surface area contributed by atoms with Crippen LogP contribution in [0.25, 0.3) is 0 Å². The summed E-state index contributed by atoms with van der Waals surface area (Å²) in [7, 11) is 0. The number of quaternary nitrogens is 1. The van der Waals surface area contributed by atoms with Crippen LogP contribution in [-0.4, -0.2) is 23.1 Å². The number of carbonyl (C=O) groups excluding carboxylic acids is 2. The van der Waals surface area contributed by atoms with Crippen LogP contribution < -0.4 is 5.32 Å². The van der Waals surface area contributed by atoms with Gasteiger partial charge in [-0.2, -0.15) is 0 Å². The quantitative estimate of drug-likeness (QED) is 0.515. The van der Waals surface area contributed by atoms with Crippen LogP contribution >= 0.6 is 11.3 Å². The van der Waals surface area contributed by atoms with Gasteiger partial charge in [0.15, 0.2) is 5.78 Å². The van der Waals surface area contributed by atoms with Crippen molar-refractivity contribution in [2.45, 2.75) is 46.6 Å². The van der Waals surface area contributed by atoms with E-state index >= 15 is 0 Å². The van der Waals surface area contributed by atoms with Crippen LogP contribution in [0.1, 0.15) is 74.4 Å². The number of Topliss-reactive ketones (excluding diaryl/α,β-unsaturated/α-hetero) is 2. The lowest BCUT2D eigenvalue weighted by Crippen LogP contribution is -2.87. The lowest BCUT2D eigenvalue weighted by Gasteiger charge is -2.15. The summed E-state index contributed by atoms with van der Waals surface area (Å²) in [6.07, 6.45) is 2.21. The fourth-order valence-corrected chi connectivity index (χ4v) is 4.80. The highest BCUT2D eigenvalue weighted by atomic mass is 32.1. The number of thiophene rings is 1. The Hall–Kier alpha value is -2.50. The maximum atomic E-state index is 12.9. The average Bonchev–Trinajstić information content (AvgIpc) is 3.31. The fourth-order valence-electron chi connectivity index (χ4n) is 3.95. The Morgan fingerprint density at radius 2 is 1.86 bits per heavy atom. The van der Waals surface area contributed by atoms with Crippen LogP contribution in [-0.2, 0) is 6.42 Å². The largest absolute Gasteiger partial charge is 0.355 e. The molecule has 1 aromatic carbocycles. The summed E-state index contributed by atoms with van der Waals surface area (Å²) < 4.78 is 0. The van der Waals surface area contributed by atoms with E-state index < -0.39 is 0 Å². The molecule has 3 rings (SSSR count). The first-order chi connectivity index (χ1) is 13.9. The molecule has 29 heavy (non-hydrogen) atoms. The molecule has 0 saturated heterocycles. The molecule has 3 aromatic rings. The number of ketones is 2. The van der Waals surface area contributed by atoms with Crippen LogP contribution in [0.4, 0.5) is 0 Å². The topological polar surface area (TPSA) is 66.5 Å². The van der Waals surface area contributed by atoms with E-state index in [0.29, 0.717) is 17.8 Å². The first kappa shape index (κ1) is 21.2. The Morgan fingerprint density at radius 3 is 2.41 bits per heavy atom. The molecule has 3 N–H and O–H groups in total. The number of aromatic amines is 1. The van der Waals surface area contributed by atoms with Gasteiger partial charge in [0.1, 0.15) is 12.6 Å². The third-order valence-corrected chi connectivity index (χ3v) is 6.29. The fraction of sp³-hybridized carbons (Fsp3) is 0.333. The second-order valence-electron chi connectivity index (χ2n) is 7.53. The number of nitrogens with two attached hydrogens (primary N) is 1. The molecular weight excluding hydrogens is 380 g/mol. The van der Waals surface area contributed by atoms with Crippen molar-refractivity contribution in [1.29, 1.82) is 0 Å². The first-order valence-corrected chi connectivity index (χ1v) is 11.0. The van der Waals surface area contributed by atoms with E-state index in [-0.39, 0.29) is 17.6 Å². The van der Waals surface area contributed by atoms with E-state index in [9.17, 15) is 9.59 Å². The summed E-state index contributed by atoms with van der Waals surface area (Å²) in [6, 6.07) is 13.0. The molecule has 0 saturated carbocycles. The molecular formula is C24H29N2O2S+. The minimum Gasteiger partial charge on any atom is -0.355 e. The predicted molar refractivity (Wildman–Crippen MR) is 118 cm³/mol. The summed E-state index contributed by atoms with van der Waals surface area (Å²) in [6.45, 7) is 7.73. The maximum Gasteiger partial charge on any atom is 0.233 e. The van der Waals surface area contributed by atoms with Crippen LogP contribution in [0.15, 0.2) is 41.8 Å². The van der Waals surface area contributed by atoms with Crippen molar-refractivity contribution in [3.05, 3.63) is 80.3 Å². The number of carbonyl (C=O) groups is 2. The van der Waals surface area contributed by atoms with E-state index in [1.165, 1.54) is 16.0 Å². The highest BCUT2D eigenvalue weighted by Gasteiger charge is 2.24. The molecule has 0 amide bonds. The second kappa shape index (κ2) is 9.33. The number of H-pyrrole nitrogens is 1. The van der Waals surface area contributed by atoms with Gasteiger partial charge in [-0.1, -0.05) is 43.7 Å². The summed E-state index contributed by atoms with van der Waals surface area (Å²) in [5.41, 5.74) is 5.24. The van der Waals surface area contributed by atoms with Crippen molar-refractivity contribution < 1.29 is 14.9 Å². The number of nitrogens with one attached hydrogen (secondary N) is 1. The molecule has 2 heterocycles. The van der Waals surface area contributed by atoms with Crippen molar-refractivity contribution in [2.75, 3.05) is 6.54 Å². The summed E-state index contributed by atoms with van der Waals surface area (Å²) in [5, 5.41) is 4.16. The predicted octanol–water partition coefficient (Wildman–Crippen LogP) is 4.38. The Morgan fingerprint density at radius 1 is 1.14 bits per heavy atom. The van der Waals surface area contributed by atoms with Crippen LogP contribution in [0, 0.1) is 13.8 Å². The zero-order valence-electron chi connectivity index (χ0n) is 17.5. The van der Waals surface area contributed by atoms with Crippen LogP contribution in [0.2, 0.25) is 0 Å². The van der Waals surface area contributed by atoms with E-state index in [1.807, 2.05) is 19.9 Å². The van der Waals surface area contributed by atoms with E-state index in [4.69, 9.17) is 0 Å². The maximum absolute atomic E-state index is 12.9. The summed E-state index contributed by atoms with van der Waals surface area (Å²) >= 11 is 1.71. The Kier molecular flexibility index (Phi) is 6.83. The number of hydrogen-bond acceptors (Lipinski definition) is 3. The third-order valence-electron chi connectivity index (χ3n) is 5.33. The highest BCUT2D eigenvalue weighted by molar-refractivity contribution is 7.10. The molecule has 0 unspecified atom stereocenters. The van der Waals surface area contributed by atoms with Gasteiger partial charge in [-0.05, 0) is 49.8 Å². The van der Waals surface area contributed by atoms with Crippen LogP contribution in [0.5, 0.6) is 0 Å². The molecule has 1 atom stereocenters. The van der Waals surface area contributed by atoms with Crippen molar-refractivity contribution in [1.82, 2.24) is 4.98 Å². The Balaban J connectivity index is 1.80. The molecule has 152 valence electrons. The van der Waals surface area contributed by atoms with Gasteiger partial charge in [0.2, 0.25) is 5.78 Å². The van der Waals surface area contributed by atoms with Crippen molar-refractivity contribution in [3.8, 4) is 0 Å². The van der Waals surface area contributed by atoms with E-state index in [0.717, 1.165) is 24.1 Å². The standard InChI is InChI=1S/C24H28N2O2S/c1-5-7-18-9-11-19(12-10-18)24(21-8-6-13-29-21)25-14-20(28)23-15(2)22(17(4)27)16(3)26-23/h6,8-13,24-26H,5,7,14H2,1-4H3/p+1/t24-/m0/s1. The van der Waals surface area contributed by atoms with Crippen molar-refractivity contribution in [2.24, 2.45) is 0 Å². The zero-order chi connectivity index (χ0) is 21.0. The van der Waals surface area contributed by atoms with Crippen molar-refractivity contribution >= 4 is 22.9 Å². The average molecular weight is 410 g/mol. The summed E-state index contributed by atoms with van der Waals surface area (Å²) in [4.78, 5) is 29.1. The zero-order valence-corrected chi connectivity index (χ0v) is 18.4. The SMILES string of the molecule is CCCc1ccc([C@H]([NH2+]CC(=O)c2[nH]c(C)c(C(C)=O)c2C)c2cccs2)cc1. The molecule has 0 aliphatic heterocycles. The van der Waals surface area contributed by atoms with Gasteiger partial charge in [-0.3, -0.25) is 9.59 Å². The van der Waals surface area contributed by atoms with Gasteiger partial charge >= 0.3 is 0 Å². The molecule has 0 spiro atoms. The molecule has 5 heteroatoms. The van der Waals surface area contributed by atoms with Gasteiger partial charge < -0.3 is 10.3 Å². The van der Waals surface area contributed by atoms with Gasteiger partial charge in [-0.25, -0.2) is 0 Å². The molecule has 2 aromatic heterocycles. The van der Waals surface area contributed by atoms with E-state index in [1.54, 1.807) is 18.3 Å². The first-order valence-electron chi connectivity index (χ1n) is 10.1. The van der Waals surface area contributed by atoms with Gasteiger partial charge in [0.05, 0.1) is 10.6 Å². The lowest BCUT2D eigenvalue weighted by atomic mass is 10.0. The number of benzene rings is 1. The molecule has 0 fully saturated rings. The van der Waals surface area contributed by atoms with Crippen molar-refractivity contribution in [3.63, 3.8) is 0 Å². The normalized spacial score (nSPS) is 12.1. The highest BCUT2D eigenvalue weighted by Crippen LogP contribution is 2.24. The minimum atomic E-state index is -0.0112. The second-order valence-corrected chi connectivity index (χ2v) is 8.51. The molecule has 0 bridgehead atoms. The van der Waals surface area contributed by atoms with Gasteiger partial charge in [0.25, 0.3) is 0 Å². The third kappa shape index (κ3) is 4.74. The summed E-state index contributed by atoms with van der Waals surface area (Å²) in [5.74, 6) is 0.00479. The molecule has 0 aliphatic carbocycles. The molecule has 0 radical (unpaired) electrons. The van der Waals surface area contributed by atoms with Gasteiger partial charge in [0, 0.05) is 16.8 Å². The van der Waals surface area contributed by atoms with E-state index in [2.05, 4.69) is 52.9 Å². The van der Waals surface area contributed by atoms with Crippen LogP contribution in [0.3, 0.4) is 0 Å². The smallest absolute Gasteiger partial charge is 0.233 e. The van der Waals surface area contributed by atoms with Gasteiger partial charge in [-0.15, -0.1) is 11.3 Å². The number of rotatable bonds is 9. The number of aryl methyl sites for hydroxylation is 2.